The molecule has 11 nitrogen and oxygen atoms in total. The minimum absolute atomic E-state index is 0.0119. The number of aryl methyl sites for hydroxylation is 1. The maximum atomic E-state index is 14.7. The summed E-state index contributed by atoms with van der Waals surface area (Å²) in [5.41, 5.74) is -1.72. The third-order valence-corrected chi connectivity index (χ3v) is 10.2. The molecule has 3 aromatic rings. The molecule has 1 fully saturated rings. The van der Waals surface area contributed by atoms with Crippen LogP contribution in [0, 0.1) is 12.3 Å². The van der Waals surface area contributed by atoms with E-state index in [1.807, 2.05) is 52.8 Å². The van der Waals surface area contributed by atoms with E-state index < -0.39 is 52.9 Å². The molecule has 2 aliphatic rings. The van der Waals surface area contributed by atoms with Crippen molar-refractivity contribution in [1.29, 1.82) is 0 Å². The fourth-order valence-electron chi connectivity index (χ4n) is 7.70. The number of amides is 4. The number of anilines is 1. The zero-order chi connectivity index (χ0) is 40.5. The Morgan fingerprint density at radius 2 is 1.75 bits per heavy atom. The van der Waals surface area contributed by atoms with Gasteiger partial charge in [-0.2, -0.15) is 13.2 Å². The lowest BCUT2D eigenvalue weighted by Crippen LogP contribution is -2.63. The molecule has 0 aromatic heterocycles. The Morgan fingerprint density at radius 3 is 2.36 bits per heavy atom. The van der Waals surface area contributed by atoms with Crippen molar-refractivity contribution >= 4 is 29.7 Å². The number of fused-ring (bicyclic) bond motifs is 1. The van der Waals surface area contributed by atoms with E-state index in [1.165, 1.54) is 34.9 Å². The molecule has 0 saturated carbocycles. The molecular formula is C41H49F3N4O7. The summed E-state index contributed by atoms with van der Waals surface area (Å²) in [6, 6.07) is 15.2. The van der Waals surface area contributed by atoms with Crippen LogP contribution in [0.1, 0.15) is 87.0 Å². The molecule has 4 amide bonds. The number of piperidine rings is 1. The Bertz CT molecular complexity index is 1910. The minimum Gasteiger partial charge on any atom is -0.471 e. The van der Waals surface area contributed by atoms with Gasteiger partial charge in [0.05, 0.1) is 23.3 Å². The summed E-state index contributed by atoms with van der Waals surface area (Å²) in [6.07, 6.45) is -5.33. The number of carbonyl (C=O) groups excluding carboxylic acids is 3. The average molecular weight is 767 g/mol. The highest BCUT2D eigenvalue weighted by Gasteiger charge is 2.49. The molecule has 3 atom stereocenters. The van der Waals surface area contributed by atoms with Gasteiger partial charge in [-0.3, -0.25) is 9.59 Å². The molecular weight excluding hydrogens is 717 g/mol. The number of carbonyl (C=O) groups is 4. The Balaban J connectivity index is 1.53. The second-order valence-electron chi connectivity index (χ2n) is 15.6. The molecule has 0 bridgehead atoms. The quantitative estimate of drug-likeness (QED) is 0.226. The summed E-state index contributed by atoms with van der Waals surface area (Å²) in [5.74, 6) is -0.930. The van der Waals surface area contributed by atoms with Gasteiger partial charge < -0.3 is 34.6 Å². The van der Waals surface area contributed by atoms with Gasteiger partial charge in [0, 0.05) is 36.8 Å². The first-order chi connectivity index (χ1) is 25.7. The van der Waals surface area contributed by atoms with Crippen LogP contribution in [0.15, 0.2) is 66.7 Å². The van der Waals surface area contributed by atoms with E-state index in [0.29, 0.717) is 24.9 Å². The van der Waals surface area contributed by atoms with Crippen LogP contribution in [0.3, 0.4) is 0 Å². The van der Waals surface area contributed by atoms with Crippen molar-refractivity contribution in [2.75, 3.05) is 24.5 Å². The van der Waals surface area contributed by atoms with Crippen LogP contribution in [0.4, 0.5) is 28.4 Å². The molecule has 55 heavy (non-hydrogen) atoms. The van der Waals surface area contributed by atoms with Crippen molar-refractivity contribution in [3.63, 3.8) is 0 Å². The summed E-state index contributed by atoms with van der Waals surface area (Å²) in [5, 5.41) is 12.8. The van der Waals surface area contributed by atoms with Gasteiger partial charge in [0.1, 0.15) is 12.4 Å². The highest BCUT2D eigenvalue weighted by atomic mass is 19.4. The smallest absolute Gasteiger partial charge is 0.416 e. The van der Waals surface area contributed by atoms with Crippen LogP contribution < -0.4 is 15.0 Å². The standard InChI is InChI=1S/C41H49F3N4O7/c1-25(2)48(31-17-12-19-47(38(52)53)34(31)39(4,5)6)35(49)30-23-32-33(21-26(30)3)55-40(7,28-15-11-16-29(22-28)41(42,43)44)36(50)46(32)20-18-45-37(51)54-24-27-13-9-8-10-14-27/h8-11,13-16,21-23,25,31,34H,12,17-20,24H2,1-7H3,(H,45,51)(H,52,53)/t31-,34?,40?/m1/s1. The predicted molar refractivity (Wildman–Crippen MR) is 200 cm³/mol. The van der Waals surface area contributed by atoms with Crippen LogP contribution >= 0.6 is 0 Å². The first-order valence-corrected chi connectivity index (χ1v) is 18.3. The fourth-order valence-corrected chi connectivity index (χ4v) is 7.70. The molecule has 2 unspecified atom stereocenters. The molecule has 2 aliphatic heterocycles. The maximum Gasteiger partial charge on any atom is 0.416 e. The molecule has 1 saturated heterocycles. The fraction of sp³-hybridized carbons (Fsp3) is 0.463. The third-order valence-electron chi connectivity index (χ3n) is 10.2. The van der Waals surface area contributed by atoms with E-state index in [4.69, 9.17) is 9.47 Å². The van der Waals surface area contributed by atoms with Gasteiger partial charge >= 0.3 is 18.4 Å². The molecule has 5 rings (SSSR count). The number of alkyl halides is 3. The molecule has 14 heteroatoms. The number of nitrogens with one attached hydrogen (secondary N) is 1. The lowest BCUT2D eigenvalue weighted by atomic mass is 9.76. The van der Waals surface area contributed by atoms with Gasteiger partial charge in [0.2, 0.25) is 5.60 Å². The number of hydrogen-bond donors (Lipinski definition) is 2. The van der Waals surface area contributed by atoms with E-state index in [9.17, 15) is 37.5 Å². The summed E-state index contributed by atoms with van der Waals surface area (Å²) in [4.78, 5) is 58.7. The minimum atomic E-state index is -4.67. The molecule has 2 heterocycles. The Hall–Kier alpha value is -5.27. The number of hydrogen-bond acceptors (Lipinski definition) is 6. The van der Waals surface area contributed by atoms with Crippen LogP contribution in [0.5, 0.6) is 5.75 Å². The highest BCUT2D eigenvalue weighted by molar-refractivity contribution is 6.05. The number of rotatable bonds is 9. The number of benzene rings is 3. The predicted octanol–water partition coefficient (Wildman–Crippen LogP) is 7.99. The van der Waals surface area contributed by atoms with E-state index in [0.717, 1.165) is 17.7 Å². The second-order valence-corrected chi connectivity index (χ2v) is 15.6. The Kier molecular flexibility index (Phi) is 11.8. The number of alkyl carbamates (subject to hydrolysis) is 1. The van der Waals surface area contributed by atoms with E-state index in [2.05, 4.69) is 5.32 Å². The number of likely N-dealkylation sites (tertiary alicyclic amines) is 1. The normalized spacial score (nSPS) is 20.1. The van der Waals surface area contributed by atoms with Crippen LogP contribution in [0.25, 0.3) is 0 Å². The first-order valence-electron chi connectivity index (χ1n) is 18.3. The average Bonchev–Trinajstić information content (AvgIpc) is 3.11. The molecule has 2 N–H and O–H groups in total. The summed E-state index contributed by atoms with van der Waals surface area (Å²) in [6.45, 7) is 12.8. The highest BCUT2D eigenvalue weighted by Crippen LogP contribution is 2.45. The number of halogens is 3. The molecule has 3 aromatic carbocycles. The van der Waals surface area contributed by atoms with Crippen molar-refractivity contribution in [2.24, 2.45) is 5.41 Å². The zero-order valence-electron chi connectivity index (χ0n) is 32.2. The third kappa shape index (κ3) is 8.68. The summed E-state index contributed by atoms with van der Waals surface area (Å²) in [7, 11) is 0. The topological polar surface area (TPSA) is 129 Å². The van der Waals surface area contributed by atoms with Gasteiger partial charge in [0.15, 0.2) is 0 Å². The van der Waals surface area contributed by atoms with Gasteiger partial charge in [-0.15, -0.1) is 0 Å². The molecule has 0 radical (unpaired) electrons. The Morgan fingerprint density at radius 1 is 1.05 bits per heavy atom. The lowest BCUT2D eigenvalue weighted by Gasteiger charge is -2.51. The van der Waals surface area contributed by atoms with Crippen molar-refractivity contribution < 1.29 is 46.9 Å². The second kappa shape index (κ2) is 15.8. The van der Waals surface area contributed by atoms with Crippen molar-refractivity contribution in [3.8, 4) is 5.75 Å². The van der Waals surface area contributed by atoms with Crippen LogP contribution in [-0.4, -0.2) is 76.7 Å². The van der Waals surface area contributed by atoms with Gasteiger partial charge in [-0.1, -0.05) is 63.2 Å². The lowest BCUT2D eigenvalue weighted by molar-refractivity contribution is -0.139. The zero-order valence-corrected chi connectivity index (χ0v) is 32.2. The molecule has 296 valence electrons. The maximum absolute atomic E-state index is 14.7. The first kappa shape index (κ1) is 40.9. The number of ether oxygens (including phenoxy) is 2. The van der Waals surface area contributed by atoms with Gasteiger partial charge in [-0.25, -0.2) is 9.59 Å². The number of carboxylic acid groups (broad SMARTS) is 1. The van der Waals surface area contributed by atoms with E-state index >= 15 is 0 Å². The SMILES string of the molecule is Cc1cc2c(cc1C(=O)N(C(C)C)[C@@H]1CCCN(C(=O)O)C1C(C)(C)C)N(CCNC(=O)OCc1ccccc1)C(=O)C(C)(c1cccc(C(F)(F)F)c1)O2. The van der Waals surface area contributed by atoms with Crippen molar-refractivity contribution in [2.45, 2.75) is 97.8 Å². The largest absolute Gasteiger partial charge is 0.471 e. The van der Waals surface area contributed by atoms with Crippen LogP contribution in [-0.2, 0) is 27.9 Å². The van der Waals surface area contributed by atoms with Crippen LogP contribution in [0.2, 0.25) is 0 Å². The monoisotopic (exact) mass is 766 g/mol. The number of nitrogens with zero attached hydrogens (tertiary/aromatic N) is 3. The Labute approximate surface area is 319 Å². The van der Waals surface area contributed by atoms with Crippen molar-refractivity contribution in [1.82, 2.24) is 15.1 Å². The van der Waals surface area contributed by atoms with E-state index in [-0.39, 0.29) is 54.2 Å². The molecule has 0 spiro atoms. The summed E-state index contributed by atoms with van der Waals surface area (Å²) < 4.78 is 53.1. The van der Waals surface area contributed by atoms with Crippen molar-refractivity contribution in [3.05, 3.63) is 94.5 Å². The molecule has 0 aliphatic carbocycles. The van der Waals surface area contributed by atoms with Gasteiger partial charge in [-0.05, 0) is 81.3 Å². The van der Waals surface area contributed by atoms with E-state index in [1.54, 1.807) is 30.0 Å². The summed E-state index contributed by atoms with van der Waals surface area (Å²) >= 11 is 0. The van der Waals surface area contributed by atoms with Gasteiger partial charge in [0.25, 0.3) is 11.8 Å².